The third-order valence-corrected chi connectivity index (χ3v) is 17.7. The summed E-state index contributed by atoms with van der Waals surface area (Å²) in [5.74, 6) is -5.85. The Labute approximate surface area is 611 Å². The van der Waals surface area contributed by atoms with Crippen LogP contribution in [0.2, 0.25) is 0 Å². The van der Waals surface area contributed by atoms with Gasteiger partial charge in [0.2, 0.25) is 0 Å². The summed E-state index contributed by atoms with van der Waals surface area (Å²) in [7, 11) is 11.1. The number of carbonyl (C=O) groups excluding carboxylic acids is 8. The minimum Gasteiger partial charge on any atom is -0.508 e. The third-order valence-electron chi connectivity index (χ3n) is 17.7. The van der Waals surface area contributed by atoms with Crippen LogP contribution in [0.5, 0.6) is 17.2 Å². The van der Waals surface area contributed by atoms with Gasteiger partial charge in [0.1, 0.15) is 57.3 Å². The van der Waals surface area contributed by atoms with E-state index in [1.807, 2.05) is 144 Å². The van der Waals surface area contributed by atoms with E-state index in [0.29, 0.717) is 60.8 Å². The second-order valence-corrected chi connectivity index (χ2v) is 24.5. The standard InChI is InChI=1S/C49H38N6O10.C22H17N3O3.C5H8O6.HI/c1-52-19-32(28-9-5-7-11-36(28)52)42-44(48(60)50-46(42)58)34-21-54(3)38-17-26(13-15-30(34)38)64-40(56)23-62-25-63-24-41(57)65-27-14-16-31-35(22-55(4)39(31)18-27)45-43(47(59)51-49(45)61)33-20-53(2)37-12-8-6-10-29(33)37;1-24-10-15(13-5-3-4-6-17(13)24)19-20(22(28)23-21(19)27)16-11-25(2)18-9-12(26)7-8-14(16)18;6-4(7)1-10-3-11-2-5(8)9;/h5-22H,23-25H2,1-4H3,(H,50,58,60)(H,51,59,61);3-11,26H,1-2H3,(H,23,27,28);1-3H2,(H,6,7)(H,8,9);1H. The Hall–Kier alpha value is -12.6. The number of aromatic hydroxyl groups is 1. The van der Waals surface area contributed by atoms with Crippen molar-refractivity contribution in [2.24, 2.45) is 42.3 Å². The van der Waals surface area contributed by atoms with E-state index in [2.05, 4.69) is 25.4 Å². The van der Waals surface area contributed by atoms with Crippen LogP contribution in [0.3, 0.4) is 0 Å². The fourth-order valence-electron chi connectivity index (χ4n) is 13.3. The number of carboxylic acids is 2. The Morgan fingerprint density at radius 3 is 0.876 bits per heavy atom. The van der Waals surface area contributed by atoms with Crippen molar-refractivity contribution in [2.45, 2.75) is 0 Å². The number of para-hydroxylation sites is 3. The zero-order valence-corrected chi connectivity index (χ0v) is 59.1. The molecule has 105 heavy (non-hydrogen) atoms. The van der Waals surface area contributed by atoms with Gasteiger partial charge >= 0.3 is 23.9 Å². The number of carboxylic acid groups (broad SMARTS) is 2. The van der Waals surface area contributed by atoms with Crippen LogP contribution < -0.4 is 25.4 Å². The normalized spacial score (nSPS) is 13.7. The minimum absolute atomic E-state index is 0. The number of aliphatic carboxylic acids is 2. The molecule has 0 saturated carbocycles. The van der Waals surface area contributed by atoms with Gasteiger partial charge in [0.15, 0.2) is 0 Å². The number of fused-ring (bicyclic) bond motifs is 6. The average molecular weight is 1530 g/mol. The maximum Gasteiger partial charge on any atom is 0.337 e. The lowest BCUT2D eigenvalue weighted by Crippen LogP contribution is -2.22. The number of imide groups is 3. The number of rotatable bonds is 20. The monoisotopic (exact) mass is 1530 g/mol. The number of nitrogens with zero attached hydrogens (tertiary/aromatic N) is 6. The van der Waals surface area contributed by atoms with Crippen LogP contribution in [-0.4, -0.2) is 142 Å². The van der Waals surface area contributed by atoms with Gasteiger partial charge in [-0.1, -0.05) is 54.6 Å². The van der Waals surface area contributed by atoms with Crippen molar-refractivity contribution in [2.75, 3.05) is 40.0 Å². The van der Waals surface area contributed by atoms with Gasteiger partial charge in [-0.3, -0.25) is 44.7 Å². The number of hydrogen-bond donors (Lipinski definition) is 6. The highest BCUT2D eigenvalue weighted by Crippen LogP contribution is 2.43. The molecule has 0 atom stereocenters. The molecule has 28 nitrogen and oxygen atoms in total. The van der Waals surface area contributed by atoms with E-state index in [4.69, 9.17) is 29.2 Å². The van der Waals surface area contributed by atoms with Crippen molar-refractivity contribution < 1.29 is 91.7 Å². The number of esters is 2. The van der Waals surface area contributed by atoms with Crippen molar-refractivity contribution in [1.82, 2.24) is 43.4 Å². The zero-order chi connectivity index (χ0) is 73.5. The Bertz CT molecular complexity index is 5550. The summed E-state index contributed by atoms with van der Waals surface area (Å²) < 4.78 is 41.6. The molecule has 3 aliphatic rings. The van der Waals surface area contributed by atoms with E-state index in [-0.39, 0.29) is 70.3 Å². The predicted octanol–water partition coefficient (Wildman–Crippen LogP) is 8.00. The van der Waals surface area contributed by atoms with Gasteiger partial charge in [0, 0.05) is 180 Å². The molecule has 0 aliphatic carbocycles. The summed E-state index contributed by atoms with van der Waals surface area (Å²) in [6, 6.07) is 38.0. The summed E-state index contributed by atoms with van der Waals surface area (Å²) in [5, 5.41) is 38.0. The molecule has 9 heterocycles. The Balaban J connectivity index is 0.000000212. The quantitative estimate of drug-likeness (QED) is 0.0105. The third kappa shape index (κ3) is 14.1. The number of benzene rings is 6. The van der Waals surface area contributed by atoms with E-state index in [9.17, 15) is 53.1 Å². The molecule has 0 unspecified atom stereocenters. The zero-order valence-electron chi connectivity index (χ0n) is 56.8. The fourth-order valence-corrected chi connectivity index (χ4v) is 13.3. The smallest absolute Gasteiger partial charge is 0.337 e. The lowest BCUT2D eigenvalue weighted by atomic mass is 9.95. The molecular weight excluding hydrogens is 1470 g/mol. The summed E-state index contributed by atoms with van der Waals surface area (Å²) in [4.78, 5) is 124. The number of phenolic OH excluding ortho intramolecular Hbond substituents is 1. The van der Waals surface area contributed by atoms with Crippen LogP contribution in [0, 0.1) is 0 Å². The topological polar surface area (TPSA) is 352 Å². The lowest BCUT2D eigenvalue weighted by Gasteiger charge is -2.08. The maximum atomic E-state index is 13.3. The second kappa shape index (κ2) is 29.8. The molecule has 6 aromatic carbocycles. The van der Waals surface area contributed by atoms with Crippen molar-refractivity contribution in [3.63, 3.8) is 0 Å². The summed E-state index contributed by atoms with van der Waals surface area (Å²) in [6.45, 7) is -2.67. The van der Waals surface area contributed by atoms with Gasteiger partial charge in [0.25, 0.3) is 35.4 Å². The number of phenols is 1. The highest BCUT2D eigenvalue weighted by atomic mass is 127. The number of ether oxygens (including phenoxy) is 6. The number of aryl methyl sites for hydroxylation is 6. The van der Waals surface area contributed by atoms with Gasteiger partial charge in [0.05, 0.1) is 50.0 Å². The van der Waals surface area contributed by atoms with Crippen LogP contribution >= 0.6 is 24.0 Å². The number of amides is 6. The van der Waals surface area contributed by atoms with E-state index >= 15 is 0 Å². The van der Waals surface area contributed by atoms with Gasteiger partial charge in [-0.05, 0) is 54.6 Å². The molecule has 0 fully saturated rings. The molecule has 6 N–H and O–H groups in total. The first-order chi connectivity index (χ1) is 49.9. The number of hydrogen-bond acceptors (Lipinski definition) is 17. The molecule has 0 bridgehead atoms. The summed E-state index contributed by atoms with van der Waals surface area (Å²) in [5.41, 5.74) is 10.5. The molecule has 6 aromatic heterocycles. The van der Waals surface area contributed by atoms with Crippen molar-refractivity contribution in [3.8, 4) is 17.2 Å². The van der Waals surface area contributed by atoms with Crippen molar-refractivity contribution in [3.05, 3.63) is 198 Å². The van der Waals surface area contributed by atoms with Crippen molar-refractivity contribution in [1.29, 1.82) is 0 Å². The number of halogens is 1. The molecule has 0 spiro atoms. The van der Waals surface area contributed by atoms with Crippen LogP contribution in [0.15, 0.2) is 165 Å². The maximum absolute atomic E-state index is 13.3. The first kappa shape index (κ1) is 72.2. The fraction of sp³-hybridized carbons (Fsp3) is 0.158. The molecule has 534 valence electrons. The molecule has 15 rings (SSSR count). The van der Waals surface area contributed by atoms with Crippen LogP contribution in [-0.2, 0) is 109 Å². The van der Waals surface area contributed by atoms with E-state index in [0.717, 1.165) is 49.2 Å². The molecule has 12 aromatic rings. The molecule has 6 amide bonds. The molecule has 29 heteroatoms. The number of nitrogens with one attached hydrogen (secondary N) is 3. The minimum atomic E-state index is -1.12. The molecule has 0 saturated heterocycles. The molecule has 0 radical (unpaired) electrons. The Kier molecular flexibility index (Phi) is 20.5. The van der Waals surface area contributed by atoms with Gasteiger partial charge in [-0.15, -0.1) is 24.0 Å². The largest absolute Gasteiger partial charge is 0.508 e. The highest BCUT2D eigenvalue weighted by molar-refractivity contribution is 14.0. The van der Waals surface area contributed by atoms with E-state index in [1.165, 1.54) is 0 Å². The van der Waals surface area contributed by atoms with Gasteiger partial charge in [-0.2, -0.15) is 0 Å². The molecular formula is C76H64IN9O19. The highest BCUT2D eigenvalue weighted by Gasteiger charge is 2.39. The van der Waals surface area contributed by atoms with Crippen LogP contribution in [0.25, 0.3) is 98.9 Å². The summed E-state index contributed by atoms with van der Waals surface area (Å²) >= 11 is 0. The first-order valence-electron chi connectivity index (χ1n) is 32.0. The molecule has 3 aliphatic heterocycles. The Morgan fingerprint density at radius 1 is 0.333 bits per heavy atom. The predicted molar refractivity (Wildman–Crippen MR) is 395 cm³/mol. The van der Waals surface area contributed by atoms with Crippen LogP contribution in [0.1, 0.15) is 33.4 Å². The number of aromatic nitrogens is 6. The van der Waals surface area contributed by atoms with Gasteiger partial charge in [-0.25, -0.2) is 19.2 Å². The number of carbonyl (C=O) groups is 10. The second-order valence-electron chi connectivity index (χ2n) is 24.5. The van der Waals surface area contributed by atoms with Gasteiger partial charge < -0.3 is 71.1 Å². The first-order valence-corrected chi connectivity index (χ1v) is 32.0. The summed E-state index contributed by atoms with van der Waals surface area (Å²) in [6.07, 6.45) is 10.9. The lowest BCUT2D eigenvalue weighted by molar-refractivity contribution is -0.154. The average Bonchev–Trinajstić information content (AvgIpc) is 1.60. The van der Waals surface area contributed by atoms with E-state index in [1.54, 1.807) is 90.2 Å². The van der Waals surface area contributed by atoms with E-state index < -0.39 is 92.5 Å². The Morgan fingerprint density at radius 2 is 0.581 bits per heavy atom. The SMILES string of the molecule is Cn1cc(C2=C(c3cn(C)c4cc(O)ccc34)C(=O)NC2=O)c2ccccc21.Cn1cc(C2=C(c3cn(C)c4cc(OC(=O)COCOCC(=O)Oc5ccc6c(C7=C(c8cn(C)c9ccccc89)C(=O)NC7=O)cn(C)c6c5)ccc34)C(=O)NC2=O)c2ccccc21.I.O=C(O)COCOCC(=O)O. The van der Waals surface area contributed by atoms with Crippen LogP contribution in [0.4, 0.5) is 0 Å². The van der Waals surface area contributed by atoms with Crippen molar-refractivity contribution >= 4 is 182 Å².